The van der Waals surface area contributed by atoms with Crippen molar-refractivity contribution in [1.82, 2.24) is 9.97 Å². The van der Waals surface area contributed by atoms with E-state index >= 15 is 0 Å². The highest BCUT2D eigenvalue weighted by Gasteiger charge is 2.23. The smallest absolute Gasteiger partial charge is 0.353 e. The van der Waals surface area contributed by atoms with Gasteiger partial charge < -0.3 is 10.6 Å². The second-order valence-corrected chi connectivity index (χ2v) is 4.06. The highest BCUT2D eigenvalue weighted by molar-refractivity contribution is 5.69. The first kappa shape index (κ1) is 14.1. The molecule has 0 fully saturated rings. The van der Waals surface area contributed by atoms with E-state index in [9.17, 15) is 10.1 Å². The standard InChI is InChI=1S/C11H19N5O2/c1-4-6-12-10-9(16(17)18)11(14-7-13-10)15-8(3)5-2/h7-8H,4-6H2,1-3H3,(H2,12,13,14,15). The molecule has 0 amide bonds. The van der Waals surface area contributed by atoms with Crippen molar-refractivity contribution < 1.29 is 4.92 Å². The number of nitrogens with zero attached hydrogens (tertiary/aromatic N) is 3. The molecule has 1 unspecified atom stereocenters. The SMILES string of the molecule is CCCNc1ncnc(NC(C)CC)c1[N+](=O)[O-]. The summed E-state index contributed by atoms with van der Waals surface area (Å²) in [6, 6.07) is 0.123. The van der Waals surface area contributed by atoms with Crippen molar-refractivity contribution in [3.63, 3.8) is 0 Å². The fourth-order valence-electron chi connectivity index (χ4n) is 1.37. The van der Waals surface area contributed by atoms with Crippen LogP contribution >= 0.6 is 0 Å². The van der Waals surface area contributed by atoms with Crippen LogP contribution in [0.5, 0.6) is 0 Å². The number of anilines is 2. The summed E-state index contributed by atoms with van der Waals surface area (Å²) in [5.74, 6) is 0.533. The number of nitro groups is 1. The van der Waals surface area contributed by atoms with E-state index in [1.807, 2.05) is 20.8 Å². The van der Waals surface area contributed by atoms with Gasteiger partial charge in [-0.3, -0.25) is 10.1 Å². The number of aromatic nitrogens is 2. The van der Waals surface area contributed by atoms with Crippen LogP contribution in [0.3, 0.4) is 0 Å². The van der Waals surface area contributed by atoms with Gasteiger partial charge >= 0.3 is 5.69 Å². The lowest BCUT2D eigenvalue weighted by molar-refractivity contribution is -0.383. The number of hydrogen-bond donors (Lipinski definition) is 2. The molecule has 0 saturated heterocycles. The van der Waals surface area contributed by atoms with E-state index in [4.69, 9.17) is 0 Å². The highest BCUT2D eigenvalue weighted by Crippen LogP contribution is 2.29. The van der Waals surface area contributed by atoms with Crippen LogP contribution in [0.15, 0.2) is 6.33 Å². The minimum absolute atomic E-state index is 0.0914. The van der Waals surface area contributed by atoms with E-state index in [0.717, 1.165) is 12.8 Å². The molecule has 0 bridgehead atoms. The summed E-state index contributed by atoms with van der Waals surface area (Å²) >= 11 is 0. The Bertz CT molecular complexity index is 410. The van der Waals surface area contributed by atoms with Crippen molar-refractivity contribution in [2.75, 3.05) is 17.2 Å². The Labute approximate surface area is 106 Å². The minimum Gasteiger partial charge on any atom is -0.364 e. The fourth-order valence-corrected chi connectivity index (χ4v) is 1.37. The van der Waals surface area contributed by atoms with Crippen LogP contribution in [-0.2, 0) is 0 Å². The Morgan fingerprint density at radius 1 is 1.39 bits per heavy atom. The van der Waals surface area contributed by atoms with Gasteiger partial charge in [0.1, 0.15) is 6.33 Å². The van der Waals surface area contributed by atoms with Gasteiger partial charge in [0.2, 0.25) is 11.6 Å². The number of nitrogens with one attached hydrogen (secondary N) is 2. The largest absolute Gasteiger partial charge is 0.364 e. The van der Waals surface area contributed by atoms with E-state index in [1.54, 1.807) is 0 Å². The predicted octanol–water partition coefficient (Wildman–Crippen LogP) is 2.42. The minimum atomic E-state index is -0.456. The molecule has 0 aromatic carbocycles. The maximum Gasteiger partial charge on any atom is 0.353 e. The molecule has 0 aliphatic heterocycles. The molecular formula is C11H19N5O2. The molecule has 2 N–H and O–H groups in total. The monoisotopic (exact) mass is 253 g/mol. The second-order valence-electron chi connectivity index (χ2n) is 4.06. The second kappa shape index (κ2) is 6.73. The topological polar surface area (TPSA) is 93.0 Å². The first-order valence-electron chi connectivity index (χ1n) is 6.09. The van der Waals surface area contributed by atoms with Gasteiger partial charge in [-0.25, -0.2) is 9.97 Å². The lowest BCUT2D eigenvalue weighted by atomic mass is 10.2. The van der Waals surface area contributed by atoms with Crippen molar-refractivity contribution in [3.8, 4) is 0 Å². The molecule has 1 aromatic heterocycles. The quantitative estimate of drug-likeness (QED) is 0.572. The van der Waals surface area contributed by atoms with Crippen LogP contribution in [0.25, 0.3) is 0 Å². The lowest BCUT2D eigenvalue weighted by Crippen LogP contribution is -2.17. The zero-order valence-electron chi connectivity index (χ0n) is 10.9. The van der Waals surface area contributed by atoms with Crippen molar-refractivity contribution in [2.24, 2.45) is 0 Å². The van der Waals surface area contributed by atoms with E-state index in [0.29, 0.717) is 6.54 Å². The van der Waals surface area contributed by atoms with Crippen LogP contribution in [0, 0.1) is 10.1 Å². The molecule has 1 aromatic rings. The molecule has 7 nitrogen and oxygen atoms in total. The van der Waals surface area contributed by atoms with Crippen LogP contribution in [-0.4, -0.2) is 27.5 Å². The van der Waals surface area contributed by atoms with Gasteiger partial charge in [0.05, 0.1) is 4.92 Å². The summed E-state index contributed by atoms with van der Waals surface area (Å²) < 4.78 is 0. The van der Waals surface area contributed by atoms with Gasteiger partial charge in [0, 0.05) is 12.6 Å². The van der Waals surface area contributed by atoms with Gasteiger partial charge in [-0.1, -0.05) is 13.8 Å². The van der Waals surface area contributed by atoms with E-state index < -0.39 is 4.92 Å². The molecule has 18 heavy (non-hydrogen) atoms. The Hall–Kier alpha value is -1.92. The summed E-state index contributed by atoms with van der Waals surface area (Å²) in [5.41, 5.74) is -0.0914. The Kier molecular flexibility index (Phi) is 5.29. The summed E-state index contributed by atoms with van der Waals surface area (Å²) in [6.45, 7) is 6.57. The van der Waals surface area contributed by atoms with E-state index in [1.165, 1.54) is 6.33 Å². The Morgan fingerprint density at radius 3 is 2.61 bits per heavy atom. The molecule has 1 atom stereocenters. The number of hydrogen-bond acceptors (Lipinski definition) is 6. The molecule has 0 aliphatic carbocycles. The first-order chi connectivity index (χ1) is 8.60. The Morgan fingerprint density at radius 2 is 2.06 bits per heavy atom. The zero-order valence-corrected chi connectivity index (χ0v) is 10.9. The van der Waals surface area contributed by atoms with Crippen LogP contribution in [0.2, 0.25) is 0 Å². The summed E-state index contributed by atoms with van der Waals surface area (Å²) in [7, 11) is 0. The fraction of sp³-hybridized carbons (Fsp3) is 0.636. The maximum atomic E-state index is 11.1. The molecular weight excluding hydrogens is 234 g/mol. The average Bonchev–Trinajstić information content (AvgIpc) is 2.35. The van der Waals surface area contributed by atoms with Gasteiger partial charge in [-0.15, -0.1) is 0 Å². The summed E-state index contributed by atoms with van der Waals surface area (Å²) in [5, 5.41) is 17.1. The molecule has 1 heterocycles. The van der Waals surface area contributed by atoms with E-state index in [2.05, 4.69) is 20.6 Å². The molecule has 1 rings (SSSR count). The highest BCUT2D eigenvalue weighted by atomic mass is 16.6. The van der Waals surface area contributed by atoms with Crippen LogP contribution < -0.4 is 10.6 Å². The molecule has 0 radical (unpaired) electrons. The third-order valence-electron chi connectivity index (χ3n) is 2.54. The third-order valence-corrected chi connectivity index (χ3v) is 2.54. The Balaban J connectivity index is 3.05. The van der Waals surface area contributed by atoms with Crippen molar-refractivity contribution in [2.45, 2.75) is 39.7 Å². The van der Waals surface area contributed by atoms with Crippen LogP contribution in [0.4, 0.5) is 17.3 Å². The summed E-state index contributed by atoms with van der Waals surface area (Å²) in [6.07, 6.45) is 3.06. The summed E-state index contributed by atoms with van der Waals surface area (Å²) in [4.78, 5) is 18.5. The molecule has 0 spiro atoms. The maximum absolute atomic E-state index is 11.1. The molecule has 100 valence electrons. The van der Waals surface area contributed by atoms with Gasteiger partial charge in [0.25, 0.3) is 0 Å². The van der Waals surface area contributed by atoms with Gasteiger partial charge in [0.15, 0.2) is 0 Å². The lowest BCUT2D eigenvalue weighted by Gasteiger charge is -2.13. The third kappa shape index (κ3) is 3.54. The number of rotatable bonds is 7. The van der Waals surface area contributed by atoms with Crippen LogP contribution in [0.1, 0.15) is 33.6 Å². The van der Waals surface area contributed by atoms with Gasteiger partial charge in [-0.2, -0.15) is 0 Å². The normalized spacial score (nSPS) is 11.9. The van der Waals surface area contributed by atoms with Gasteiger partial charge in [-0.05, 0) is 19.8 Å². The average molecular weight is 253 g/mol. The molecule has 7 heteroatoms. The predicted molar refractivity (Wildman–Crippen MR) is 70.8 cm³/mol. The zero-order chi connectivity index (χ0) is 13.5. The van der Waals surface area contributed by atoms with Crippen molar-refractivity contribution >= 4 is 17.3 Å². The molecule has 0 aliphatic rings. The van der Waals surface area contributed by atoms with E-state index in [-0.39, 0.29) is 23.4 Å². The van der Waals surface area contributed by atoms with Crippen molar-refractivity contribution in [3.05, 3.63) is 16.4 Å². The molecule has 0 saturated carbocycles. The van der Waals surface area contributed by atoms with Crippen molar-refractivity contribution in [1.29, 1.82) is 0 Å². The first-order valence-corrected chi connectivity index (χ1v) is 6.09.